The molecule has 10 heteroatoms. The van der Waals surface area contributed by atoms with E-state index < -0.39 is 25.1 Å². The molecule has 1 heterocycles. The van der Waals surface area contributed by atoms with Crippen molar-refractivity contribution in [2.24, 2.45) is 0 Å². The normalized spacial score (nSPS) is 13.1. The molecule has 1 rings (SSSR count). The fourth-order valence-corrected chi connectivity index (χ4v) is 1.42. The molecular formula is C9H5Cl2F6NO. The summed E-state index contributed by atoms with van der Waals surface area (Å²) in [5, 5.41) is -0.272. The van der Waals surface area contributed by atoms with Gasteiger partial charge in [0.25, 0.3) is 0 Å². The van der Waals surface area contributed by atoms with Gasteiger partial charge < -0.3 is 4.74 Å². The Kier molecular flexibility index (Phi) is 4.91. The van der Waals surface area contributed by atoms with Crippen LogP contribution >= 0.6 is 23.2 Å². The summed E-state index contributed by atoms with van der Waals surface area (Å²) in [4.78, 5) is 3.48. The average Bonchev–Trinajstić information content (AvgIpc) is 2.19. The van der Waals surface area contributed by atoms with Gasteiger partial charge >= 0.3 is 12.4 Å². The van der Waals surface area contributed by atoms with E-state index in [0.29, 0.717) is 0 Å². The highest BCUT2D eigenvalue weighted by Crippen LogP contribution is 2.36. The maximum Gasteiger partial charge on any atom is 0.423 e. The van der Waals surface area contributed by atoms with Crippen molar-refractivity contribution < 1.29 is 31.1 Å². The third-order valence-electron chi connectivity index (χ3n) is 1.87. The van der Waals surface area contributed by atoms with E-state index in [1.165, 1.54) is 12.1 Å². The standard InChI is InChI=1S/C9H5Cl2F6NO/c10-4-1-2-6(11)18-5(4)3-19-7(8(12,13)14)9(15,16)17/h1-2,7H,3H2. The van der Waals surface area contributed by atoms with Gasteiger partial charge in [-0.2, -0.15) is 26.3 Å². The number of rotatable bonds is 3. The summed E-state index contributed by atoms with van der Waals surface area (Å²) in [6, 6.07) is 2.42. The third kappa shape index (κ3) is 4.70. The van der Waals surface area contributed by atoms with Crippen LogP contribution in [0.3, 0.4) is 0 Å². The number of hydrogen-bond acceptors (Lipinski definition) is 2. The van der Waals surface area contributed by atoms with Gasteiger partial charge in [0.15, 0.2) is 0 Å². The molecule has 1 aromatic rings. The Bertz CT molecular complexity index is 433. The molecule has 0 saturated heterocycles. The van der Waals surface area contributed by atoms with E-state index in [0.717, 1.165) is 0 Å². The first-order valence-electron chi connectivity index (χ1n) is 4.58. The fraction of sp³-hybridized carbons (Fsp3) is 0.444. The number of halogens is 8. The first kappa shape index (κ1) is 16.3. The Morgan fingerprint density at radius 3 is 2.05 bits per heavy atom. The highest BCUT2D eigenvalue weighted by atomic mass is 35.5. The molecule has 0 saturated carbocycles. The van der Waals surface area contributed by atoms with Crippen LogP contribution in [0.1, 0.15) is 5.69 Å². The Morgan fingerprint density at radius 2 is 1.58 bits per heavy atom. The predicted octanol–water partition coefficient (Wildman–Crippen LogP) is 4.40. The van der Waals surface area contributed by atoms with Crippen molar-refractivity contribution in [1.29, 1.82) is 0 Å². The second-order valence-electron chi connectivity index (χ2n) is 3.34. The van der Waals surface area contributed by atoms with E-state index >= 15 is 0 Å². The van der Waals surface area contributed by atoms with Gasteiger partial charge in [0.05, 0.1) is 17.3 Å². The molecule has 0 aromatic carbocycles. The minimum absolute atomic E-state index is 0.126. The Balaban J connectivity index is 2.86. The molecule has 0 aliphatic carbocycles. The van der Waals surface area contributed by atoms with E-state index in [-0.39, 0.29) is 15.9 Å². The van der Waals surface area contributed by atoms with Crippen molar-refractivity contribution in [2.75, 3.05) is 0 Å². The third-order valence-corrected chi connectivity index (χ3v) is 2.42. The number of pyridine rings is 1. The van der Waals surface area contributed by atoms with Crippen LogP contribution in [-0.4, -0.2) is 23.4 Å². The lowest BCUT2D eigenvalue weighted by Crippen LogP contribution is -2.44. The van der Waals surface area contributed by atoms with E-state index in [1.807, 2.05) is 0 Å². The molecule has 0 amide bonds. The van der Waals surface area contributed by atoms with Gasteiger partial charge in [-0.3, -0.25) is 0 Å². The smallest absolute Gasteiger partial charge is 0.354 e. The quantitative estimate of drug-likeness (QED) is 0.606. The van der Waals surface area contributed by atoms with Crippen molar-refractivity contribution in [3.63, 3.8) is 0 Å². The van der Waals surface area contributed by atoms with Gasteiger partial charge in [0.2, 0.25) is 6.10 Å². The van der Waals surface area contributed by atoms with Crippen molar-refractivity contribution >= 4 is 23.2 Å². The summed E-state index contributed by atoms with van der Waals surface area (Å²) in [7, 11) is 0. The van der Waals surface area contributed by atoms with Crippen molar-refractivity contribution in [3.8, 4) is 0 Å². The molecule has 108 valence electrons. The Labute approximate surface area is 113 Å². The van der Waals surface area contributed by atoms with Crippen LogP contribution in [0, 0.1) is 0 Å². The Hall–Kier alpha value is -0.730. The summed E-state index contributed by atoms with van der Waals surface area (Å²) in [5.74, 6) is 0. The second kappa shape index (κ2) is 5.72. The van der Waals surface area contributed by atoms with E-state index in [9.17, 15) is 26.3 Å². The van der Waals surface area contributed by atoms with E-state index in [2.05, 4.69) is 9.72 Å². The van der Waals surface area contributed by atoms with Crippen LogP contribution in [0.2, 0.25) is 10.2 Å². The van der Waals surface area contributed by atoms with Crippen LogP contribution in [-0.2, 0) is 11.3 Å². The van der Waals surface area contributed by atoms with Crippen molar-refractivity contribution in [3.05, 3.63) is 28.0 Å². The highest BCUT2D eigenvalue weighted by Gasteiger charge is 2.58. The number of hydrogen-bond donors (Lipinski definition) is 0. The lowest BCUT2D eigenvalue weighted by molar-refractivity contribution is -0.324. The zero-order valence-electron chi connectivity index (χ0n) is 8.82. The molecule has 0 fully saturated rings. The number of nitrogens with zero attached hydrogens (tertiary/aromatic N) is 1. The molecular weight excluding hydrogens is 323 g/mol. The zero-order valence-corrected chi connectivity index (χ0v) is 10.3. The number of alkyl halides is 6. The molecule has 1 aromatic heterocycles. The van der Waals surface area contributed by atoms with Crippen LogP contribution < -0.4 is 0 Å². The monoisotopic (exact) mass is 327 g/mol. The molecule has 0 aliphatic heterocycles. The van der Waals surface area contributed by atoms with Gasteiger partial charge in [0, 0.05) is 0 Å². The predicted molar refractivity (Wildman–Crippen MR) is 54.9 cm³/mol. The molecule has 0 bridgehead atoms. The number of ether oxygens (including phenoxy) is 1. The largest absolute Gasteiger partial charge is 0.423 e. The SMILES string of the molecule is FC(F)(F)C(OCc1nc(Cl)ccc1Cl)C(F)(F)F. The molecule has 0 spiro atoms. The lowest BCUT2D eigenvalue weighted by atomic mass is 10.3. The molecule has 0 unspecified atom stereocenters. The highest BCUT2D eigenvalue weighted by molar-refractivity contribution is 6.32. The van der Waals surface area contributed by atoms with Crippen LogP contribution in [0.15, 0.2) is 12.1 Å². The number of aromatic nitrogens is 1. The first-order chi connectivity index (χ1) is 8.51. The van der Waals surface area contributed by atoms with Gasteiger partial charge in [-0.05, 0) is 12.1 Å². The molecule has 2 nitrogen and oxygen atoms in total. The zero-order chi connectivity index (χ0) is 14.8. The molecule has 0 aliphatic rings. The molecule has 0 atom stereocenters. The van der Waals surface area contributed by atoms with Gasteiger partial charge in [-0.1, -0.05) is 23.2 Å². The van der Waals surface area contributed by atoms with Gasteiger partial charge in [-0.25, -0.2) is 4.98 Å². The summed E-state index contributed by atoms with van der Waals surface area (Å²) in [6.45, 7) is -1.07. The van der Waals surface area contributed by atoms with Crippen LogP contribution in [0.25, 0.3) is 0 Å². The summed E-state index contributed by atoms with van der Waals surface area (Å²) < 4.78 is 76.9. The second-order valence-corrected chi connectivity index (χ2v) is 4.13. The maximum atomic E-state index is 12.2. The lowest BCUT2D eigenvalue weighted by Gasteiger charge is -2.23. The topological polar surface area (TPSA) is 22.1 Å². The van der Waals surface area contributed by atoms with Gasteiger partial charge in [-0.15, -0.1) is 0 Å². The minimum atomic E-state index is -5.58. The minimum Gasteiger partial charge on any atom is -0.354 e. The molecule has 19 heavy (non-hydrogen) atoms. The van der Waals surface area contributed by atoms with E-state index in [1.54, 1.807) is 0 Å². The molecule has 0 radical (unpaired) electrons. The maximum absolute atomic E-state index is 12.2. The average molecular weight is 328 g/mol. The molecule has 0 N–H and O–H groups in total. The Morgan fingerprint density at radius 1 is 1.05 bits per heavy atom. The summed E-state index contributed by atoms with van der Waals surface area (Å²) in [5.41, 5.74) is -0.312. The fourth-order valence-electron chi connectivity index (χ4n) is 1.10. The van der Waals surface area contributed by atoms with Crippen LogP contribution in [0.4, 0.5) is 26.3 Å². The summed E-state index contributed by atoms with van der Waals surface area (Å²) >= 11 is 11.0. The van der Waals surface area contributed by atoms with E-state index in [4.69, 9.17) is 23.2 Å². The van der Waals surface area contributed by atoms with Crippen molar-refractivity contribution in [1.82, 2.24) is 4.98 Å². The first-order valence-corrected chi connectivity index (χ1v) is 5.33. The van der Waals surface area contributed by atoms with Gasteiger partial charge in [0.1, 0.15) is 5.15 Å². The van der Waals surface area contributed by atoms with Crippen LogP contribution in [0.5, 0.6) is 0 Å². The van der Waals surface area contributed by atoms with Crippen molar-refractivity contribution in [2.45, 2.75) is 25.1 Å². The summed E-state index contributed by atoms with van der Waals surface area (Å²) in [6.07, 6.45) is -15.1.